The molecule has 0 saturated carbocycles. The molecule has 108 valence electrons. The van der Waals surface area contributed by atoms with Gasteiger partial charge in [0.05, 0.1) is 18.3 Å². The lowest BCUT2D eigenvalue weighted by atomic mass is 10.1. The summed E-state index contributed by atoms with van der Waals surface area (Å²) >= 11 is 0. The maximum absolute atomic E-state index is 10.4. The molecule has 3 aliphatic heterocycles. The summed E-state index contributed by atoms with van der Waals surface area (Å²) in [6.45, 7) is 2.77. The summed E-state index contributed by atoms with van der Waals surface area (Å²) in [6, 6.07) is 5.65. The predicted octanol–water partition coefficient (Wildman–Crippen LogP) is 1.31. The van der Waals surface area contributed by atoms with E-state index in [0.717, 1.165) is 43.0 Å². The Labute approximate surface area is 118 Å². The molecule has 0 aliphatic carbocycles. The Balaban J connectivity index is 1.43. The van der Waals surface area contributed by atoms with Crippen molar-refractivity contribution in [2.24, 2.45) is 0 Å². The van der Waals surface area contributed by atoms with Gasteiger partial charge in [-0.3, -0.25) is 4.90 Å². The van der Waals surface area contributed by atoms with Crippen LogP contribution in [-0.2, 0) is 4.74 Å². The second kappa shape index (κ2) is 4.91. The van der Waals surface area contributed by atoms with Crippen LogP contribution in [0.25, 0.3) is 0 Å². The zero-order chi connectivity index (χ0) is 13.5. The molecule has 5 heteroatoms. The van der Waals surface area contributed by atoms with E-state index in [4.69, 9.17) is 14.2 Å². The van der Waals surface area contributed by atoms with Crippen LogP contribution in [0.3, 0.4) is 0 Å². The van der Waals surface area contributed by atoms with Gasteiger partial charge < -0.3 is 19.3 Å². The zero-order valence-electron chi connectivity index (χ0n) is 11.3. The molecule has 2 fully saturated rings. The van der Waals surface area contributed by atoms with Crippen LogP contribution in [0.15, 0.2) is 18.2 Å². The molecule has 0 amide bonds. The maximum atomic E-state index is 10.4. The average Bonchev–Trinajstić information content (AvgIpc) is 3.04. The number of β-amino-alcohol motifs (C(OH)–C–C–N with tert-alkyl or cyclic N) is 1. The minimum Gasteiger partial charge on any atom is -0.454 e. The molecular formula is C15H19NO4. The number of benzene rings is 1. The number of aliphatic hydroxyl groups excluding tert-OH is 1. The predicted molar refractivity (Wildman–Crippen MR) is 71.9 cm³/mol. The van der Waals surface area contributed by atoms with E-state index in [9.17, 15) is 5.11 Å². The minimum absolute atomic E-state index is 0.266. The first-order chi connectivity index (χ1) is 9.78. The first-order valence-electron chi connectivity index (χ1n) is 7.23. The number of rotatable bonds is 3. The van der Waals surface area contributed by atoms with E-state index in [-0.39, 0.29) is 6.79 Å². The number of aliphatic hydroxyl groups is 1. The van der Waals surface area contributed by atoms with E-state index < -0.39 is 6.10 Å². The van der Waals surface area contributed by atoms with Gasteiger partial charge in [0, 0.05) is 19.6 Å². The molecule has 3 heterocycles. The van der Waals surface area contributed by atoms with E-state index in [1.165, 1.54) is 0 Å². The molecule has 3 aliphatic rings. The Morgan fingerprint density at radius 2 is 1.90 bits per heavy atom. The Morgan fingerprint density at radius 3 is 2.70 bits per heavy atom. The highest BCUT2D eigenvalue weighted by molar-refractivity contribution is 5.45. The summed E-state index contributed by atoms with van der Waals surface area (Å²) in [5, 5.41) is 10.4. The largest absolute Gasteiger partial charge is 0.454 e. The van der Waals surface area contributed by atoms with Crippen molar-refractivity contribution in [2.75, 3.05) is 26.4 Å². The van der Waals surface area contributed by atoms with Crippen molar-refractivity contribution in [3.05, 3.63) is 23.8 Å². The number of nitrogens with zero attached hydrogens (tertiary/aromatic N) is 1. The van der Waals surface area contributed by atoms with Gasteiger partial charge in [0.1, 0.15) is 0 Å². The molecule has 20 heavy (non-hydrogen) atoms. The lowest BCUT2D eigenvalue weighted by Crippen LogP contribution is -2.44. The second-order valence-corrected chi connectivity index (χ2v) is 5.80. The van der Waals surface area contributed by atoms with Gasteiger partial charge in [-0.2, -0.15) is 0 Å². The molecule has 1 aromatic rings. The van der Waals surface area contributed by atoms with Gasteiger partial charge >= 0.3 is 0 Å². The van der Waals surface area contributed by atoms with Gasteiger partial charge in [-0.05, 0) is 30.5 Å². The third-order valence-corrected chi connectivity index (χ3v) is 4.33. The summed E-state index contributed by atoms with van der Waals surface area (Å²) in [5.74, 6) is 1.48. The van der Waals surface area contributed by atoms with Gasteiger partial charge in [0.25, 0.3) is 0 Å². The fourth-order valence-corrected chi connectivity index (χ4v) is 3.32. The van der Waals surface area contributed by atoms with Gasteiger partial charge in [-0.1, -0.05) is 6.07 Å². The van der Waals surface area contributed by atoms with Gasteiger partial charge in [-0.15, -0.1) is 0 Å². The maximum Gasteiger partial charge on any atom is 0.231 e. The van der Waals surface area contributed by atoms with Crippen molar-refractivity contribution in [3.63, 3.8) is 0 Å². The van der Waals surface area contributed by atoms with E-state index in [2.05, 4.69) is 4.90 Å². The van der Waals surface area contributed by atoms with Gasteiger partial charge in [0.2, 0.25) is 6.79 Å². The number of ether oxygens (including phenoxy) is 3. The molecule has 4 rings (SSSR count). The summed E-state index contributed by atoms with van der Waals surface area (Å²) in [5.41, 5.74) is 0.882. The highest BCUT2D eigenvalue weighted by Crippen LogP contribution is 2.35. The topological polar surface area (TPSA) is 51.2 Å². The van der Waals surface area contributed by atoms with Crippen LogP contribution in [0.5, 0.6) is 11.5 Å². The summed E-state index contributed by atoms with van der Waals surface area (Å²) < 4.78 is 16.5. The number of fused-ring (bicyclic) bond motifs is 3. The Hall–Kier alpha value is -1.30. The fourth-order valence-electron chi connectivity index (χ4n) is 3.32. The Kier molecular flexibility index (Phi) is 3.06. The molecule has 0 aromatic heterocycles. The third kappa shape index (κ3) is 2.26. The normalized spacial score (nSPS) is 29.6. The highest BCUT2D eigenvalue weighted by atomic mass is 16.7. The fraction of sp³-hybridized carbons (Fsp3) is 0.600. The molecule has 3 atom stereocenters. The monoisotopic (exact) mass is 277 g/mol. The zero-order valence-corrected chi connectivity index (χ0v) is 11.3. The molecule has 5 nitrogen and oxygen atoms in total. The van der Waals surface area contributed by atoms with Gasteiger partial charge in [0.15, 0.2) is 11.5 Å². The first kappa shape index (κ1) is 12.4. The third-order valence-electron chi connectivity index (χ3n) is 4.33. The minimum atomic E-state index is -0.498. The van der Waals surface area contributed by atoms with Crippen molar-refractivity contribution in [1.82, 2.24) is 4.90 Å². The molecule has 2 bridgehead atoms. The molecular weight excluding hydrogens is 258 g/mol. The number of morpholine rings is 1. The van der Waals surface area contributed by atoms with Gasteiger partial charge in [-0.25, -0.2) is 0 Å². The van der Waals surface area contributed by atoms with Crippen molar-refractivity contribution in [2.45, 2.75) is 31.2 Å². The van der Waals surface area contributed by atoms with Crippen molar-refractivity contribution >= 4 is 0 Å². The number of hydrogen-bond donors (Lipinski definition) is 1. The first-order valence-corrected chi connectivity index (χ1v) is 7.23. The molecule has 2 saturated heterocycles. The van der Waals surface area contributed by atoms with Crippen LogP contribution in [-0.4, -0.2) is 48.6 Å². The van der Waals surface area contributed by atoms with Crippen LogP contribution in [0.4, 0.5) is 0 Å². The lowest BCUT2D eigenvalue weighted by molar-refractivity contribution is -0.0497. The molecule has 0 spiro atoms. The van der Waals surface area contributed by atoms with Crippen LogP contribution in [0, 0.1) is 0 Å². The second-order valence-electron chi connectivity index (χ2n) is 5.80. The van der Waals surface area contributed by atoms with Crippen molar-refractivity contribution in [1.29, 1.82) is 0 Å². The number of hydrogen-bond acceptors (Lipinski definition) is 5. The highest BCUT2D eigenvalue weighted by Gasteiger charge is 2.34. The molecule has 1 aromatic carbocycles. The quantitative estimate of drug-likeness (QED) is 0.903. The van der Waals surface area contributed by atoms with E-state index in [1.54, 1.807) is 0 Å². The number of likely N-dealkylation sites (tertiary alicyclic amines) is 1. The SMILES string of the molecule is OC(CN1CC2CCC(C1)O2)c1ccc2c(c1)OCO2. The molecule has 1 N–H and O–H groups in total. The van der Waals surface area contributed by atoms with Crippen LogP contribution >= 0.6 is 0 Å². The van der Waals surface area contributed by atoms with Crippen LogP contribution in [0.2, 0.25) is 0 Å². The van der Waals surface area contributed by atoms with Crippen LogP contribution in [0.1, 0.15) is 24.5 Å². The van der Waals surface area contributed by atoms with E-state index in [0.29, 0.717) is 18.8 Å². The summed E-state index contributed by atoms with van der Waals surface area (Å²) in [4.78, 5) is 2.31. The Bertz CT molecular complexity index is 495. The molecule has 0 radical (unpaired) electrons. The Morgan fingerprint density at radius 1 is 1.15 bits per heavy atom. The lowest BCUT2D eigenvalue weighted by Gasteiger charge is -2.33. The van der Waals surface area contributed by atoms with E-state index >= 15 is 0 Å². The average molecular weight is 277 g/mol. The summed E-state index contributed by atoms with van der Waals surface area (Å²) in [6.07, 6.45) is 2.53. The molecule has 3 unspecified atom stereocenters. The van der Waals surface area contributed by atoms with Crippen molar-refractivity contribution in [3.8, 4) is 11.5 Å². The summed E-state index contributed by atoms with van der Waals surface area (Å²) in [7, 11) is 0. The smallest absolute Gasteiger partial charge is 0.231 e. The van der Waals surface area contributed by atoms with Crippen LogP contribution < -0.4 is 9.47 Å². The van der Waals surface area contributed by atoms with E-state index in [1.807, 2.05) is 18.2 Å². The standard InChI is InChI=1S/C15H19NO4/c17-13(8-16-6-11-2-3-12(7-16)20-11)10-1-4-14-15(5-10)19-9-18-14/h1,4-5,11-13,17H,2-3,6-9H2. The van der Waals surface area contributed by atoms with Crippen molar-refractivity contribution < 1.29 is 19.3 Å².